The summed E-state index contributed by atoms with van der Waals surface area (Å²) >= 11 is 0. The number of hydrogen-bond donors (Lipinski definition) is 1. The van der Waals surface area contributed by atoms with Gasteiger partial charge >= 0.3 is 5.97 Å². The SMILES string of the molecule is CCOC(=O)CC1CCC(c2ccc(C(N)=O)cc2)CC1. The van der Waals surface area contributed by atoms with Gasteiger partial charge in [-0.2, -0.15) is 0 Å². The maximum atomic E-state index is 11.5. The average Bonchev–Trinajstić information content (AvgIpc) is 2.48. The van der Waals surface area contributed by atoms with E-state index < -0.39 is 0 Å². The molecule has 21 heavy (non-hydrogen) atoms. The van der Waals surface area contributed by atoms with Gasteiger partial charge in [-0.25, -0.2) is 0 Å². The van der Waals surface area contributed by atoms with E-state index in [-0.39, 0.29) is 11.9 Å². The Hall–Kier alpha value is -1.84. The summed E-state index contributed by atoms with van der Waals surface area (Å²) in [4.78, 5) is 22.6. The third kappa shape index (κ3) is 4.31. The number of carbonyl (C=O) groups is 2. The van der Waals surface area contributed by atoms with Crippen LogP contribution in [0, 0.1) is 5.92 Å². The zero-order valence-corrected chi connectivity index (χ0v) is 12.5. The molecule has 1 aromatic carbocycles. The smallest absolute Gasteiger partial charge is 0.306 e. The van der Waals surface area contributed by atoms with Crippen molar-refractivity contribution in [1.82, 2.24) is 0 Å². The number of primary amides is 1. The van der Waals surface area contributed by atoms with E-state index >= 15 is 0 Å². The molecule has 0 heterocycles. The molecule has 0 aliphatic heterocycles. The van der Waals surface area contributed by atoms with Crippen molar-refractivity contribution >= 4 is 11.9 Å². The molecule has 1 fully saturated rings. The van der Waals surface area contributed by atoms with Gasteiger partial charge in [0.1, 0.15) is 0 Å². The van der Waals surface area contributed by atoms with E-state index in [2.05, 4.69) is 0 Å². The minimum absolute atomic E-state index is 0.0771. The molecule has 1 saturated carbocycles. The van der Waals surface area contributed by atoms with E-state index in [1.165, 1.54) is 5.56 Å². The van der Waals surface area contributed by atoms with Crippen LogP contribution < -0.4 is 5.73 Å². The zero-order chi connectivity index (χ0) is 15.2. The van der Waals surface area contributed by atoms with Gasteiger partial charge in [0.25, 0.3) is 0 Å². The topological polar surface area (TPSA) is 69.4 Å². The first-order valence-electron chi connectivity index (χ1n) is 7.65. The summed E-state index contributed by atoms with van der Waals surface area (Å²) in [5, 5.41) is 0. The molecule has 2 rings (SSSR count). The molecule has 1 aromatic rings. The van der Waals surface area contributed by atoms with Crippen molar-refractivity contribution in [2.75, 3.05) is 6.61 Å². The second kappa shape index (κ2) is 7.25. The number of ether oxygens (including phenoxy) is 1. The van der Waals surface area contributed by atoms with E-state index in [0.29, 0.717) is 30.4 Å². The standard InChI is InChI=1S/C17H23NO3/c1-2-21-16(19)11-12-3-5-13(6-4-12)14-7-9-15(10-8-14)17(18)20/h7-10,12-13H,2-6,11H2,1H3,(H2,18,20). The Morgan fingerprint density at radius 1 is 1.14 bits per heavy atom. The number of carbonyl (C=O) groups excluding carboxylic acids is 2. The number of nitrogens with two attached hydrogens (primary N) is 1. The summed E-state index contributed by atoms with van der Waals surface area (Å²) in [5.41, 5.74) is 7.06. The summed E-state index contributed by atoms with van der Waals surface area (Å²) in [6.07, 6.45) is 4.82. The van der Waals surface area contributed by atoms with Gasteiger partial charge in [0.2, 0.25) is 5.91 Å². The quantitative estimate of drug-likeness (QED) is 0.847. The molecular formula is C17H23NO3. The third-order valence-corrected chi connectivity index (χ3v) is 4.27. The van der Waals surface area contributed by atoms with Gasteiger partial charge in [-0.3, -0.25) is 9.59 Å². The lowest BCUT2D eigenvalue weighted by atomic mass is 9.77. The molecule has 0 atom stereocenters. The van der Waals surface area contributed by atoms with Gasteiger partial charge < -0.3 is 10.5 Å². The number of benzene rings is 1. The van der Waals surface area contributed by atoms with Gasteiger partial charge in [-0.1, -0.05) is 12.1 Å². The Kier molecular flexibility index (Phi) is 5.37. The van der Waals surface area contributed by atoms with Crippen LogP contribution in [0.15, 0.2) is 24.3 Å². The van der Waals surface area contributed by atoms with Crippen LogP contribution in [0.2, 0.25) is 0 Å². The minimum Gasteiger partial charge on any atom is -0.466 e. The monoisotopic (exact) mass is 289 g/mol. The van der Waals surface area contributed by atoms with Crippen molar-refractivity contribution in [1.29, 1.82) is 0 Å². The van der Waals surface area contributed by atoms with E-state index in [0.717, 1.165) is 25.7 Å². The first kappa shape index (κ1) is 15.5. The van der Waals surface area contributed by atoms with Crippen LogP contribution in [-0.4, -0.2) is 18.5 Å². The summed E-state index contributed by atoms with van der Waals surface area (Å²) in [7, 11) is 0. The van der Waals surface area contributed by atoms with Crippen molar-refractivity contribution in [3.8, 4) is 0 Å². The lowest BCUT2D eigenvalue weighted by Crippen LogP contribution is -2.18. The second-order valence-corrected chi connectivity index (χ2v) is 5.71. The van der Waals surface area contributed by atoms with Crippen LogP contribution >= 0.6 is 0 Å². The van der Waals surface area contributed by atoms with E-state index in [1.54, 1.807) is 12.1 Å². The minimum atomic E-state index is -0.389. The number of amides is 1. The molecular weight excluding hydrogens is 266 g/mol. The molecule has 1 aliphatic rings. The Bertz CT molecular complexity index is 487. The van der Waals surface area contributed by atoms with Crippen LogP contribution in [-0.2, 0) is 9.53 Å². The molecule has 4 heteroatoms. The molecule has 0 aromatic heterocycles. The third-order valence-electron chi connectivity index (χ3n) is 4.27. The van der Waals surface area contributed by atoms with Gasteiger partial charge in [-0.05, 0) is 62.1 Å². The van der Waals surface area contributed by atoms with Crippen molar-refractivity contribution in [2.24, 2.45) is 11.7 Å². The molecule has 2 N–H and O–H groups in total. The Balaban J connectivity index is 1.86. The van der Waals surface area contributed by atoms with Crippen molar-refractivity contribution in [3.63, 3.8) is 0 Å². The van der Waals surface area contributed by atoms with Crippen LogP contribution in [0.4, 0.5) is 0 Å². The van der Waals surface area contributed by atoms with Crippen LogP contribution in [0.1, 0.15) is 60.9 Å². The summed E-state index contributed by atoms with van der Waals surface area (Å²) in [6, 6.07) is 7.58. The maximum Gasteiger partial charge on any atom is 0.306 e. The molecule has 114 valence electrons. The first-order valence-corrected chi connectivity index (χ1v) is 7.65. The van der Waals surface area contributed by atoms with Gasteiger partial charge in [0.05, 0.1) is 6.61 Å². The highest BCUT2D eigenvalue weighted by Crippen LogP contribution is 2.37. The normalized spacial score (nSPS) is 21.8. The van der Waals surface area contributed by atoms with Crippen molar-refractivity contribution < 1.29 is 14.3 Å². The molecule has 4 nitrogen and oxygen atoms in total. The Labute approximate surface area is 125 Å². The lowest BCUT2D eigenvalue weighted by molar-refractivity contribution is -0.144. The van der Waals surface area contributed by atoms with E-state index in [1.807, 2.05) is 19.1 Å². The number of hydrogen-bond acceptors (Lipinski definition) is 3. The molecule has 0 radical (unpaired) electrons. The second-order valence-electron chi connectivity index (χ2n) is 5.71. The fourth-order valence-corrected chi connectivity index (χ4v) is 3.08. The fourth-order valence-electron chi connectivity index (χ4n) is 3.08. The summed E-state index contributed by atoms with van der Waals surface area (Å²) in [6.45, 7) is 2.30. The molecule has 1 amide bonds. The summed E-state index contributed by atoms with van der Waals surface area (Å²) < 4.78 is 5.01. The summed E-state index contributed by atoms with van der Waals surface area (Å²) in [5.74, 6) is 0.502. The fraction of sp³-hybridized carbons (Fsp3) is 0.529. The molecule has 0 spiro atoms. The highest BCUT2D eigenvalue weighted by Gasteiger charge is 2.24. The zero-order valence-electron chi connectivity index (χ0n) is 12.5. The molecule has 1 aliphatic carbocycles. The maximum absolute atomic E-state index is 11.5. The predicted octanol–water partition coefficient (Wildman–Crippen LogP) is 3.01. The predicted molar refractivity (Wildman–Crippen MR) is 80.9 cm³/mol. The van der Waals surface area contributed by atoms with Crippen LogP contribution in [0.25, 0.3) is 0 Å². The Morgan fingerprint density at radius 3 is 2.29 bits per heavy atom. The van der Waals surface area contributed by atoms with E-state index in [4.69, 9.17) is 10.5 Å². The van der Waals surface area contributed by atoms with Crippen LogP contribution in [0.5, 0.6) is 0 Å². The average molecular weight is 289 g/mol. The van der Waals surface area contributed by atoms with Gasteiger partial charge in [0, 0.05) is 12.0 Å². The highest BCUT2D eigenvalue weighted by atomic mass is 16.5. The highest BCUT2D eigenvalue weighted by molar-refractivity contribution is 5.92. The van der Waals surface area contributed by atoms with Gasteiger partial charge in [0.15, 0.2) is 0 Å². The lowest BCUT2D eigenvalue weighted by Gasteiger charge is -2.28. The number of esters is 1. The first-order chi connectivity index (χ1) is 10.1. The molecule has 0 bridgehead atoms. The van der Waals surface area contributed by atoms with Gasteiger partial charge in [-0.15, -0.1) is 0 Å². The van der Waals surface area contributed by atoms with Crippen molar-refractivity contribution in [2.45, 2.75) is 44.9 Å². The largest absolute Gasteiger partial charge is 0.466 e. The van der Waals surface area contributed by atoms with E-state index in [9.17, 15) is 9.59 Å². The van der Waals surface area contributed by atoms with Crippen LogP contribution in [0.3, 0.4) is 0 Å². The molecule has 0 saturated heterocycles. The van der Waals surface area contributed by atoms with Crippen molar-refractivity contribution in [3.05, 3.63) is 35.4 Å². The molecule has 0 unspecified atom stereocenters. The number of rotatable bonds is 5. The Morgan fingerprint density at radius 2 is 1.76 bits per heavy atom.